The summed E-state index contributed by atoms with van der Waals surface area (Å²) in [6.07, 6.45) is 11.3. The lowest BCUT2D eigenvalue weighted by molar-refractivity contribution is 0.151. The minimum atomic E-state index is 0.578. The minimum Gasteiger partial charge on any atom is -0.492 e. The van der Waals surface area contributed by atoms with E-state index < -0.39 is 0 Å². The van der Waals surface area contributed by atoms with Crippen LogP contribution in [0.4, 0.5) is 0 Å². The van der Waals surface area contributed by atoms with E-state index in [-0.39, 0.29) is 0 Å². The molecule has 1 aliphatic rings. The van der Waals surface area contributed by atoms with E-state index in [9.17, 15) is 0 Å². The van der Waals surface area contributed by atoms with Crippen LogP contribution in [0.5, 0.6) is 5.75 Å². The van der Waals surface area contributed by atoms with Crippen molar-refractivity contribution in [3.8, 4) is 16.9 Å². The van der Waals surface area contributed by atoms with Crippen molar-refractivity contribution in [1.82, 2.24) is 24.8 Å². The van der Waals surface area contributed by atoms with Crippen molar-refractivity contribution in [3.05, 3.63) is 37.2 Å². The third kappa shape index (κ3) is 2.97. The second-order valence-electron chi connectivity index (χ2n) is 6.44. The molecule has 6 heteroatoms. The number of aromatic amines is 1. The predicted molar refractivity (Wildman–Crippen MR) is 92.8 cm³/mol. The van der Waals surface area contributed by atoms with E-state index in [4.69, 9.17) is 4.74 Å². The topological polar surface area (TPSA) is 66.9 Å². The summed E-state index contributed by atoms with van der Waals surface area (Å²) in [5.41, 5.74) is 2.81. The molecule has 0 aromatic carbocycles. The Morgan fingerprint density at radius 1 is 1.33 bits per heavy atom. The molecule has 3 aromatic heterocycles. The monoisotopic (exact) mass is 323 g/mol. The van der Waals surface area contributed by atoms with Gasteiger partial charge in [0.05, 0.1) is 12.0 Å². The fraction of sp³-hybridized carbons (Fsp3) is 0.389. The minimum absolute atomic E-state index is 0.578. The lowest BCUT2D eigenvalue weighted by Gasteiger charge is -2.29. The van der Waals surface area contributed by atoms with Gasteiger partial charge in [-0.1, -0.05) is 0 Å². The molecular weight excluding hydrogens is 302 g/mol. The van der Waals surface area contributed by atoms with Crippen LogP contribution in [0.3, 0.4) is 0 Å². The van der Waals surface area contributed by atoms with Gasteiger partial charge in [-0.25, -0.2) is 15.0 Å². The first-order valence-corrected chi connectivity index (χ1v) is 8.34. The van der Waals surface area contributed by atoms with E-state index in [0.717, 1.165) is 41.1 Å². The van der Waals surface area contributed by atoms with Gasteiger partial charge in [0.15, 0.2) is 0 Å². The summed E-state index contributed by atoms with van der Waals surface area (Å²) < 4.78 is 6.20. The van der Waals surface area contributed by atoms with Gasteiger partial charge in [-0.05, 0) is 32.5 Å². The molecule has 0 amide bonds. The lowest BCUT2D eigenvalue weighted by atomic mass is 9.99. The molecule has 0 bridgehead atoms. The number of rotatable bonds is 4. The summed E-state index contributed by atoms with van der Waals surface area (Å²) in [6.45, 7) is 3.02. The zero-order valence-electron chi connectivity index (χ0n) is 13.8. The van der Waals surface area contributed by atoms with E-state index in [1.165, 1.54) is 25.7 Å². The van der Waals surface area contributed by atoms with Crippen LogP contribution in [-0.4, -0.2) is 51.6 Å². The van der Waals surface area contributed by atoms with Crippen LogP contribution in [-0.2, 0) is 0 Å². The van der Waals surface area contributed by atoms with Crippen molar-refractivity contribution in [3.63, 3.8) is 0 Å². The summed E-state index contributed by atoms with van der Waals surface area (Å²) >= 11 is 0. The summed E-state index contributed by atoms with van der Waals surface area (Å²) in [5, 5.41) is 0.997. The van der Waals surface area contributed by atoms with Gasteiger partial charge in [0.25, 0.3) is 0 Å². The number of likely N-dealkylation sites (tertiary alicyclic amines) is 1. The molecule has 1 N–H and O–H groups in total. The third-order valence-corrected chi connectivity index (χ3v) is 4.60. The second-order valence-corrected chi connectivity index (χ2v) is 6.44. The molecule has 1 fully saturated rings. The molecule has 1 aliphatic heterocycles. The molecule has 0 saturated carbocycles. The van der Waals surface area contributed by atoms with Crippen molar-refractivity contribution in [2.45, 2.75) is 12.8 Å². The van der Waals surface area contributed by atoms with Gasteiger partial charge in [-0.2, -0.15) is 0 Å². The van der Waals surface area contributed by atoms with Gasteiger partial charge in [-0.3, -0.25) is 0 Å². The van der Waals surface area contributed by atoms with E-state index >= 15 is 0 Å². The highest BCUT2D eigenvalue weighted by molar-refractivity contribution is 5.97. The van der Waals surface area contributed by atoms with Crippen molar-refractivity contribution in [2.75, 3.05) is 26.7 Å². The van der Waals surface area contributed by atoms with Gasteiger partial charge >= 0.3 is 0 Å². The Morgan fingerprint density at radius 2 is 2.21 bits per heavy atom. The van der Waals surface area contributed by atoms with Gasteiger partial charge in [-0.15, -0.1) is 0 Å². The van der Waals surface area contributed by atoms with Gasteiger partial charge in [0.2, 0.25) is 0 Å². The fourth-order valence-electron chi connectivity index (χ4n) is 3.43. The van der Waals surface area contributed by atoms with Crippen LogP contribution in [0.25, 0.3) is 22.2 Å². The Labute approximate surface area is 140 Å². The van der Waals surface area contributed by atoms with E-state index in [1.807, 2.05) is 24.7 Å². The third-order valence-electron chi connectivity index (χ3n) is 4.60. The molecule has 0 radical (unpaired) electrons. The van der Waals surface area contributed by atoms with Crippen LogP contribution in [0.1, 0.15) is 12.8 Å². The molecule has 4 rings (SSSR count). The molecule has 4 heterocycles. The Hall–Kier alpha value is -2.47. The van der Waals surface area contributed by atoms with Crippen molar-refractivity contribution < 1.29 is 4.74 Å². The highest BCUT2D eigenvalue weighted by Gasteiger charge is 2.19. The zero-order chi connectivity index (χ0) is 16.4. The molecule has 0 aliphatic carbocycles. The van der Waals surface area contributed by atoms with Gasteiger partial charge in [0, 0.05) is 48.4 Å². The highest BCUT2D eigenvalue weighted by atomic mass is 16.5. The van der Waals surface area contributed by atoms with Crippen LogP contribution in [0.2, 0.25) is 0 Å². The van der Waals surface area contributed by atoms with E-state index in [1.54, 1.807) is 6.20 Å². The zero-order valence-corrected chi connectivity index (χ0v) is 13.8. The standard InChI is InChI=1S/C18H21N5O/c1-23-6-2-3-13(10-23)11-24-16-4-5-21-18-17(16)15(9-22-18)14-7-19-12-20-8-14/h4-5,7-9,12-13H,2-3,6,10-11H2,1H3,(H,21,22)/t13-/m0/s1. The maximum Gasteiger partial charge on any atom is 0.141 e. The van der Waals surface area contributed by atoms with Crippen LogP contribution in [0, 0.1) is 5.92 Å². The van der Waals surface area contributed by atoms with Crippen LogP contribution in [0.15, 0.2) is 37.2 Å². The van der Waals surface area contributed by atoms with Gasteiger partial charge < -0.3 is 14.6 Å². The molecule has 3 aromatic rings. The number of nitrogens with zero attached hydrogens (tertiary/aromatic N) is 4. The average molecular weight is 323 g/mol. The Bertz CT molecular complexity index is 817. The van der Waals surface area contributed by atoms with Crippen molar-refractivity contribution in [1.29, 1.82) is 0 Å². The Balaban J connectivity index is 1.62. The molecule has 6 nitrogen and oxygen atoms in total. The van der Waals surface area contributed by atoms with Gasteiger partial charge in [0.1, 0.15) is 17.7 Å². The molecule has 0 spiro atoms. The summed E-state index contributed by atoms with van der Waals surface area (Å²) in [5.74, 6) is 1.45. The molecule has 0 unspecified atom stereocenters. The smallest absolute Gasteiger partial charge is 0.141 e. The average Bonchev–Trinajstić information content (AvgIpc) is 3.05. The highest BCUT2D eigenvalue weighted by Crippen LogP contribution is 2.34. The number of hydrogen-bond donors (Lipinski definition) is 1. The second kappa shape index (κ2) is 6.57. The number of fused-ring (bicyclic) bond motifs is 1. The number of H-pyrrole nitrogens is 1. The number of hydrogen-bond acceptors (Lipinski definition) is 5. The van der Waals surface area contributed by atoms with Crippen molar-refractivity contribution >= 4 is 11.0 Å². The number of ether oxygens (including phenoxy) is 1. The molecular formula is C18H21N5O. The quantitative estimate of drug-likeness (QED) is 0.799. The van der Waals surface area contributed by atoms with Crippen molar-refractivity contribution in [2.24, 2.45) is 5.92 Å². The Kier molecular flexibility index (Phi) is 4.13. The van der Waals surface area contributed by atoms with E-state index in [2.05, 4.69) is 31.9 Å². The molecule has 1 atom stereocenters. The first-order valence-electron chi connectivity index (χ1n) is 8.34. The fourth-order valence-corrected chi connectivity index (χ4v) is 3.43. The number of piperidine rings is 1. The van der Waals surface area contributed by atoms with Crippen LogP contribution >= 0.6 is 0 Å². The SMILES string of the molecule is CN1CCC[C@H](COc2ccnc3[nH]cc(-c4cncnc4)c23)C1. The maximum atomic E-state index is 6.20. The number of aromatic nitrogens is 4. The van der Waals surface area contributed by atoms with Crippen LogP contribution < -0.4 is 4.74 Å². The first kappa shape index (κ1) is 15.1. The lowest BCUT2D eigenvalue weighted by Crippen LogP contribution is -2.34. The normalized spacial score (nSPS) is 18.8. The molecule has 24 heavy (non-hydrogen) atoms. The predicted octanol–water partition coefficient (Wildman–Crippen LogP) is 2.74. The largest absolute Gasteiger partial charge is 0.492 e. The maximum absolute atomic E-state index is 6.20. The van der Waals surface area contributed by atoms with E-state index in [0.29, 0.717) is 5.92 Å². The molecule has 1 saturated heterocycles. The molecule has 124 valence electrons. The summed E-state index contributed by atoms with van der Waals surface area (Å²) in [6, 6.07) is 1.94. The summed E-state index contributed by atoms with van der Waals surface area (Å²) in [4.78, 5) is 18.2. The Morgan fingerprint density at radius 3 is 3.04 bits per heavy atom. The number of nitrogens with one attached hydrogen (secondary N) is 1. The number of pyridine rings is 1. The first-order chi connectivity index (χ1) is 11.8. The summed E-state index contributed by atoms with van der Waals surface area (Å²) in [7, 11) is 2.18.